The largest absolute Gasteiger partial charge is 0.495 e. The number of hydrogen-bond acceptors (Lipinski definition) is 5. The van der Waals surface area contributed by atoms with Gasteiger partial charge in [-0.2, -0.15) is 0 Å². The zero-order valence-electron chi connectivity index (χ0n) is 10.2. The average Bonchev–Trinajstić information content (AvgIpc) is 2.89. The lowest BCUT2D eigenvalue weighted by Gasteiger charge is -2.09. The lowest BCUT2D eigenvalue weighted by atomic mass is 10.3. The third kappa shape index (κ3) is 3.06. The monoisotopic (exact) mass is 312 g/mol. The summed E-state index contributed by atoms with van der Waals surface area (Å²) in [4.78, 5) is 26.4. The van der Waals surface area contributed by atoms with Crippen LogP contribution in [0.25, 0.3) is 0 Å². The van der Waals surface area contributed by atoms with E-state index in [1.54, 1.807) is 12.1 Å². The van der Waals surface area contributed by atoms with Gasteiger partial charge in [0.15, 0.2) is 10.7 Å². The summed E-state index contributed by atoms with van der Waals surface area (Å²) < 4.78 is 5.10. The number of hydrogen-bond donors (Lipinski definition) is 2. The summed E-state index contributed by atoms with van der Waals surface area (Å²) in [6, 6.07) is 4.77. The van der Waals surface area contributed by atoms with E-state index in [1.807, 2.05) is 0 Å². The molecule has 0 saturated carbocycles. The molecule has 0 spiro atoms. The molecule has 2 aromatic rings. The minimum Gasteiger partial charge on any atom is -0.495 e. The van der Waals surface area contributed by atoms with Crippen molar-refractivity contribution in [2.45, 2.75) is 0 Å². The smallest absolute Gasteiger partial charge is 0.355 e. The van der Waals surface area contributed by atoms with Crippen molar-refractivity contribution in [2.24, 2.45) is 0 Å². The molecule has 2 rings (SSSR count). The Labute approximate surface area is 123 Å². The van der Waals surface area contributed by atoms with Crippen LogP contribution in [0.5, 0.6) is 5.75 Å². The Kier molecular flexibility index (Phi) is 4.21. The van der Waals surface area contributed by atoms with Crippen molar-refractivity contribution < 1.29 is 19.4 Å². The molecule has 0 radical (unpaired) electrons. The molecule has 8 heteroatoms. The Bertz CT molecular complexity index is 671. The first-order valence-corrected chi connectivity index (χ1v) is 6.60. The number of halogens is 1. The number of carbonyl (C=O) groups excluding carboxylic acids is 1. The second-order valence-electron chi connectivity index (χ2n) is 3.64. The fourth-order valence-electron chi connectivity index (χ4n) is 1.43. The molecule has 2 N–H and O–H groups in total. The van der Waals surface area contributed by atoms with E-state index in [4.69, 9.17) is 21.4 Å². The van der Waals surface area contributed by atoms with Gasteiger partial charge in [0.1, 0.15) is 5.75 Å². The summed E-state index contributed by atoms with van der Waals surface area (Å²) >= 11 is 6.80. The Hall–Kier alpha value is -2.12. The number of nitrogens with one attached hydrogen (secondary N) is 1. The predicted octanol–water partition coefficient (Wildman–Crippen LogP) is 2.76. The van der Waals surface area contributed by atoms with Gasteiger partial charge in [0, 0.05) is 10.4 Å². The molecule has 1 aromatic carbocycles. The molecule has 0 aliphatic heterocycles. The van der Waals surface area contributed by atoms with Crippen molar-refractivity contribution in [3.63, 3.8) is 0 Å². The van der Waals surface area contributed by atoms with E-state index in [0.29, 0.717) is 16.5 Å². The summed E-state index contributed by atoms with van der Waals surface area (Å²) in [7, 11) is 1.46. The van der Waals surface area contributed by atoms with Crippen LogP contribution in [0.15, 0.2) is 23.6 Å². The molecule has 0 aliphatic carbocycles. The van der Waals surface area contributed by atoms with Crippen LogP contribution in [-0.2, 0) is 0 Å². The maximum absolute atomic E-state index is 12.0. The highest BCUT2D eigenvalue weighted by Crippen LogP contribution is 2.28. The molecule has 0 unspecified atom stereocenters. The number of rotatable bonds is 4. The molecule has 1 aromatic heterocycles. The van der Waals surface area contributed by atoms with E-state index in [1.165, 1.54) is 18.6 Å². The Balaban J connectivity index is 2.22. The van der Waals surface area contributed by atoms with Gasteiger partial charge in [0.2, 0.25) is 0 Å². The van der Waals surface area contributed by atoms with E-state index >= 15 is 0 Å². The topological polar surface area (TPSA) is 88.5 Å². The number of anilines is 1. The van der Waals surface area contributed by atoms with Crippen LogP contribution in [0.1, 0.15) is 20.3 Å². The van der Waals surface area contributed by atoms with Gasteiger partial charge in [-0.05, 0) is 18.2 Å². The van der Waals surface area contributed by atoms with Crippen LogP contribution in [0.4, 0.5) is 5.69 Å². The molecule has 0 bridgehead atoms. The van der Waals surface area contributed by atoms with Gasteiger partial charge in [-0.25, -0.2) is 9.78 Å². The summed E-state index contributed by atoms with van der Waals surface area (Å²) in [5.74, 6) is -1.26. The average molecular weight is 313 g/mol. The first kappa shape index (κ1) is 14.3. The summed E-state index contributed by atoms with van der Waals surface area (Å²) in [6.07, 6.45) is 0. The van der Waals surface area contributed by atoms with Crippen molar-refractivity contribution in [3.05, 3.63) is 39.3 Å². The molecule has 1 amide bonds. The number of benzene rings is 1. The first-order chi connectivity index (χ1) is 9.51. The third-order valence-corrected chi connectivity index (χ3v) is 3.40. The number of carboxylic acid groups (broad SMARTS) is 1. The zero-order chi connectivity index (χ0) is 14.7. The highest BCUT2D eigenvalue weighted by molar-refractivity contribution is 7.12. The number of methoxy groups -OCH3 is 1. The van der Waals surface area contributed by atoms with Crippen molar-refractivity contribution in [1.29, 1.82) is 0 Å². The molecule has 1 heterocycles. The number of thiazole rings is 1. The highest BCUT2D eigenvalue weighted by Gasteiger charge is 2.16. The summed E-state index contributed by atoms with van der Waals surface area (Å²) in [5, 5.41) is 13.1. The van der Waals surface area contributed by atoms with Crippen LogP contribution < -0.4 is 10.1 Å². The lowest BCUT2D eigenvalue weighted by molar-refractivity contribution is 0.0691. The maximum Gasteiger partial charge on any atom is 0.355 e. The first-order valence-electron chi connectivity index (χ1n) is 5.35. The number of aromatic carboxylic acids is 1. The summed E-state index contributed by atoms with van der Waals surface area (Å²) in [6.45, 7) is 0. The van der Waals surface area contributed by atoms with Gasteiger partial charge in [-0.15, -0.1) is 11.3 Å². The van der Waals surface area contributed by atoms with Crippen LogP contribution in [0.3, 0.4) is 0 Å². The van der Waals surface area contributed by atoms with Crippen LogP contribution >= 0.6 is 22.9 Å². The molecule has 6 nitrogen and oxygen atoms in total. The SMILES string of the molecule is COc1ccc(Cl)cc1NC(=O)c1nc(C(=O)O)cs1. The van der Waals surface area contributed by atoms with Crippen LogP contribution in [0, 0.1) is 0 Å². The molecule has 0 fully saturated rings. The molecule has 0 atom stereocenters. The van der Waals surface area contributed by atoms with Crippen molar-refractivity contribution in [2.75, 3.05) is 12.4 Å². The fraction of sp³-hybridized carbons (Fsp3) is 0.0833. The number of amides is 1. The van der Waals surface area contributed by atoms with Gasteiger partial charge in [-0.1, -0.05) is 11.6 Å². The minimum atomic E-state index is -1.18. The molecule has 0 aliphatic rings. The van der Waals surface area contributed by atoms with Crippen LogP contribution in [0.2, 0.25) is 5.02 Å². The molecule has 0 saturated heterocycles. The van der Waals surface area contributed by atoms with E-state index in [9.17, 15) is 9.59 Å². The molecule has 20 heavy (non-hydrogen) atoms. The van der Waals surface area contributed by atoms with Gasteiger partial charge in [-0.3, -0.25) is 4.79 Å². The van der Waals surface area contributed by atoms with Gasteiger partial charge >= 0.3 is 5.97 Å². The van der Waals surface area contributed by atoms with E-state index in [2.05, 4.69) is 10.3 Å². The number of ether oxygens (including phenoxy) is 1. The summed E-state index contributed by atoms with van der Waals surface area (Å²) in [5.41, 5.74) is 0.218. The van der Waals surface area contributed by atoms with Crippen molar-refractivity contribution in [3.8, 4) is 5.75 Å². The number of carboxylic acids is 1. The van der Waals surface area contributed by atoms with E-state index in [-0.39, 0.29) is 10.7 Å². The normalized spacial score (nSPS) is 10.1. The quantitative estimate of drug-likeness (QED) is 0.906. The number of nitrogens with zero attached hydrogens (tertiary/aromatic N) is 1. The van der Waals surface area contributed by atoms with Gasteiger partial charge in [0.05, 0.1) is 12.8 Å². The molecular weight excluding hydrogens is 304 g/mol. The van der Waals surface area contributed by atoms with Crippen molar-refractivity contribution >= 4 is 40.5 Å². The second-order valence-corrected chi connectivity index (χ2v) is 4.94. The lowest BCUT2D eigenvalue weighted by Crippen LogP contribution is -2.13. The molecular formula is C12H9ClN2O4S. The predicted molar refractivity (Wildman–Crippen MR) is 75.0 cm³/mol. The van der Waals surface area contributed by atoms with E-state index in [0.717, 1.165) is 11.3 Å². The highest BCUT2D eigenvalue weighted by atomic mass is 35.5. The Morgan fingerprint density at radius 2 is 2.20 bits per heavy atom. The van der Waals surface area contributed by atoms with Gasteiger partial charge < -0.3 is 15.2 Å². The molecule has 104 valence electrons. The van der Waals surface area contributed by atoms with Crippen molar-refractivity contribution in [1.82, 2.24) is 4.98 Å². The van der Waals surface area contributed by atoms with Crippen LogP contribution in [-0.4, -0.2) is 29.1 Å². The number of carbonyl (C=O) groups is 2. The minimum absolute atomic E-state index is 0.0458. The Morgan fingerprint density at radius 3 is 2.80 bits per heavy atom. The zero-order valence-corrected chi connectivity index (χ0v) is 11.8. The number of aromatic nitrogens is 1. The van der Waals surface area contributed by atoms with Gasteiger partial charge in [0.25, 0.3) is 5.91 Å². The maximum atomic E-state index is 12.0. The Morgan fingerprint density at radius 1 is 1.45 bits per heavy atom. The third-order valence-electron chi connectivity index (χ3n) is 2.33. The standard InChI is InChI=1S/C12H9ClN2O4S/c1-19-9-3-2-6(13)4-7(9)14-10(16)11-15-8(5-20-11)12(17)18/h2-5H,1H3,(H,14,16)(H,17,18). The second kappa shape index (κ2) is 5.89. The van der Waals surface area contributed by atoms with E-state index < -0.39 is 11.9 Å². The fourth-order valence-corrected chi connectivity index (χ4v) is 2.29.